The first-order chi connectivity index (χ1) is 17.4. The molecule has 2 saturated heterocycles. The highest BCUT2D eigenvalue weighted by molar-refractivity contribution is 5.39. The van der Waals surface area contributed by atoms with E-state index in [1.54, 1.807) is 17.3 Å². The summed E-state index contributed by atoms with van der Waals surface area (Å²) in [5.41, 5.74) is 6.24. The molecule has 0 radical (unpaired) electrons. The minimum Gasteiger partial charge on any atom is -0.490 e. The van der Waals surface area contributed by atoms with E-state index in [2.05, 4.69) is 25.0 Å². The zero-order chi connectivity index (χ0) is 25.2. The van der Waals surface area contributed by atoms with E-state index >= 15 is 0 Å². The maximum absolute atomic E-state index is 14.3. The van der Waals surface area contributed by atoms with Crippen molar-refractivity contribution >= 4 is 12.0 Å². The molecule has 0 unspecified atom stereocenters. The van der Waals surface area contributed by atoms with Crippen LogP contribution in [0.2, 0.25) is 0 Å². The van der Waals surface area contributed by atoms with Crippen LogP contribution in [-0.2, 0) is 6.42 Å². The average Bonchev–Trinajstić information content (AvgIpc) is 3.52. The molecule has 0 amide bonds. The second-order valence-electron chi connectivity index (χ2n) is 9.27. The number of ether oxygens (including phenoxy) is 1. The van der Waals surface area contributed by atoms with Crippen molar-refractivity contribution in [1.82, 2.24) is 20.1 Å². The van der Waals surface area contributed by atoms with E-state index in [-0.39, 0.29) is 5.56 Å². The topological polar surface area (TPSA) is 106 Å². The predicted octanol–water partition coefficient (Wildman–Crippen LogP) is 3.07. The number of hydrogen-bond donors (Lipinski definition) is 1. The molecule has 2 aliphatic heterocycles. The number of aromatic nitrogens is 4. The van der Waals surface area contributed by atoms with Gasteiger partial charge in [0.05, 0.1) is 19.0 Å². The Morgan fingerprint density at radius 1 is 1.03 bits per heavy atom. The minimum atomic E-state index is -1.22. The van der Waals surface area contributed by atoms with Crippen molar-refractivity contribution < 1.29 is 22.4 Å². The summed E-state index contributed by atoms with van der Waals surface area (Å²) in [6.45, 7) is 4.84. The second-order valence-corrected chi connectivity index (χ2v) is 9.27. The molecule has 2 aliphatic rings. The maximum atomic E-state index is 14.3. The van der Waals surface area contributed by atoms with Gasteiger partial charge in [0, 0.05) is 50.6 Å². The largest absolute Gasteiger partial charge is 0.490 e. The van der Waals surface area contributed by atoms with Gasteiger partial charge in [-0.25, -0.2) is 23.1 Å². The van der Waals surface area contributed by atoms with E-state index in [1.807, 2.05) is 6.92 Å². The van der Waals surface area contributed by atoms with Crippen molar-refractivity contribution in [3.8, 4) is 5.75 Å². The predicted molar refractivity (Wildman–Crippen MR) is 125 cm³/mol. The molecule has 9 nitrogen and oxygen atoms in total. The van der Waals surface area contributed by atoms with Gasteiger partial charge in [-0.05, 0) is 30.4 Å². The van der Waals surface area contributed by atoms with Crippen LogP contribution in [0.15, 0.2) is 29.0 Å². The molecule has 0 saturated carbocycles. The van der Waals surface area contributed by atoms with Crippen molar-refractivity contribution in [3.05, 3.63) is 53.4 Å². The lowest BCUT2D eigenvalue weighted by molar-refractivity contribution is 0.219. The van der Waals surface area contributed by atoms with Crippen LogP contribution in [0.4, 0.5) is 25.1 Å². The second kappa shape index (κ2) is 10.3. The molecule has 36 heavy (non-hydrogen) atoms. The number of nitrogens with zero attached hydrogens (tertiary/aromatic N) is 6. The minimum absolute atomic E-state index is 0.0554. The summed E-state index contributed by atoms with van der Waals surface area (Å²) in [4.78, 5) is 17.0. The van der Waals surface area contributed by atoms with Crippen molar-refractivity contribution in [2.45, 2.75) is 38.1 Å². The third kappa shape index (κ3) is 5.08. The summed E-state index contributed by atoms with van der Waals surface area (Å²) in [7, 11) is 0. The molecule has 0 spiro atoms. The number of piperidine rings is 1. The van der Waals surface area contributed by atoms with Gasteiger partial charge >= 0.3 is 6.01 Å². The highest BCUT2D eigenvalue weighted by atomic mass is 19.2. The summed E-state index contributed by atoms with van der Waals surface area (Å²) >= 11 is 0. The van der Waals surface area contributed by atoms with E-state index in [4.69, 9.17) is 15.0 Å². The first-order valence-corrected chi connectivity index (χ1v) is 12.1. The van der Waals surface area contributed by atoms with Crippen molar-refractivity contribution in [1.29, 1.82) is 0 Å². The van der Waals surface area contributed by atoms with Crippen LogP contribution in [0.1, 0.15) is 37.1 Å². The molecule has 4 heterocycles. The zero-order valence-corrected chi connectivity index (χ0v) is 19.9. The van der Waals surface area contributed by atoms with Crippen LogP contribution in [0.3, 0.4) is 0 Å². The first kappa shape index (κ1) is 24.3. The number of anilines is 2. The lowest BCUT2D eigenvalue weighted by Gasteiger charge is -2.30. The Labute approximate surface area is 206 Å². The van der Waals surface area contributed by atoms with E-state index in [0.29, 0.717) is 55.2 Å². The third-order valence-corrected chi connectivity index (χ3v) is 6.85. The van der Waals surface area contributed by atoms with Gasteiger partial charge in [0.25, 0.3) is 0 Å². The Bertz CT molecular complexity index is 1180. The van der Waals surface area contributed by atoms with Gasteiger partial charge in [0.1, 0.15) is 5.82 Å². The van der Waals surface area contributed by atoms with Gasteiger partial charge in [-0.3, -0.25) is 0 Å². The molecule has 1 aromatic carbocycles. The van der Waals surface area contributed by atoms with Crippen molar-refractivity contribution in [2.24, 2.45) is 11.7 Å². The van der Waals surface area contributed by atoms with Crippen LogP contribution in [-0.4, -0.2) is 58.9 Å². The van der Waals surface area contributed by atoms with E-state index in [9.17, 15) is 13.2 Å². The average molecular weight is 504 g/mol. The van der Waals surface area contributed by atoms with E-state index in [1.165, 1.54) is 0 Å². The van der Waals surface area contributed by atoms with Gasteiger partial charge in [0.2, 0.25) is 5.95 Å². The van der Waals surface area contributed by atoms with Gasteiger partial charge in [0.15, 0.2) is 23.2 Å². The highest BCUT2D eigenvalue weighted by Gasteiger charge is 2.35. The summed E-state index contributed by atoms with van der Waals surface area (Å²) in [5.74, 6) is -1.57. The van der Waals surface area contributed by atoms with Crippen LogP contribution in [0.25, 0.3) is 0 Å². The molecular weight excluding hydrogens is 475 g/mol. The summed E-state index contributed by atoms with van der Waals surface area (Å²) in [6.07, 6.45) is 5.82. The Balaban J connectivity index is 1.13. The monoisotopic (exact) mass is 503 g/mol. The molecule has 2 atom stereocenters. The fourth-order valence-corrected chi connectivity index (χ4v) is 4.71. The number of nitrogens with two attached hydrogens (primary N) is 1. The molecule has 12 heteroatoms. The van der Waals surface area contributed by atoms with Gasteiger partial charge in [-0.1, -0.05) is 12.1 Å². The molecule has 3 aromatic rings. The zero-order valence-electron chi connectivity index (χ0n) is 19.9. The van der Waals surface area contributed by atoms with E-state index < -0.39 is 29.4 Å². The number of aryl methyl sites for hydroxylation is 1. The number of hydrogen-bond acceptors (Lipinski definition) is 9. The normalized spacial score (nSPS) is 20.8. The first-order valence-electron chi connectivity index (χ1n) is 12.1. The van der Waals surface area contributed by atoms with Crippen LogP contribution >= 0.6 is 0 Å². The van der Waals surface area contributed by atoms with Gasteiger partial charge < -0.3 is 24.8 Å². The standard InChI is InChI=1S/C24H28F3N7O2/c1-2-22-31-24(36-32-22)33-5-3-14(4-6-33)13-35-15-9-29-23(30-10-15)34-11-17(21(28)12-34)16-7-19(26)20(27)8-18(16)25/h7-10,14,17,21H,2-6,11-13,28H2,1H3/t17-,21+/m1/s1. The fourth-order valence-electron chi connectivity index (χ4n) is 4.71. The maximum Gasteiger partial charge on any atom is 0.324 e. The SMILES string of the molecule is CCc1noc(N2CCC(COc3cnc(N4C[C@H](c5cc(F)c(F)cc5F)[C@@H](N)C4)nc3)CC2)n1. The molecule has 2 fully saturated rings. The molecule has 5 rings (SSSR count). The highest BCUT2D eigenvalue weighted by Crippen LogP contribution is 2.31. The Morgan fingerprint density at radius 3 is 2.44 bits per heavy atom. The number of halogens is 3. The summed E-state index contributed by atoms with van der Waals surface area (Å²) in [6, 6.07) is 1.53. The van der Waals surface area contributed by atoms with Gasteiger partial charge in [-0.15, -0.1) is 0 Å². The Morgan fingerprint density at radius 2 is 1.75 bits per heavy atom. The lowest BCUT2D eigenvalue weighted by Crippen LogP contribution is -2.35. The van der Waals surface area contributed by atoms with Gasteiger partial charge in [-0.2, -0.15) is 4.98 Å². The summed E-state index contributed by atoms with van der Waals surface area (Å²) in [5, 5.41) is 3.95. The lowest BCUT2D eigenvalue weighted by atomic mass is 9.94. The van der Waals surface area contributed by atoms with Crippen LogP contribution in [0.5, 0.6) is 5.75 Å². The molecule has 192 valence electrons. The van der Waals surface area contributed by atoms with Crippen molar-refractivity contribution in [3.63, 3.8) is 0 Å². The molecular formula is C24H28F3N7O2. The van der Waals surface area contributed by atoms with Crippen molar-refractivity contribution in [2.75, 3.05) is 42.6 Å². The van der Waals surface area contributed by atoms with E-state index in [0.717, 1.165) is 38.4 Å². The molecule has 0 aliphatic carbocycles. The molecule has 2 N–H and O–H groups in total. The number of rotatable bonds is 7. The molecule has 2 aromatic heterocycles. The van der Waals surface area contributed by atoms with Crippen LogP contribution in [0, 0.1) is 23.4 Å². The fraction of sp³-hybridized carbons (Fsp3) is 0.500. The Hall–Kier alpha value is -3.41. The molecule has 0 bridgehead atoms. The van der Waals surface area contributed by atoms with Crippen LogP contribution < -0.4 is 20.3 Å². The third-order valence-electron chi connectivity index (χ3n) is 6.85. The Kier molecular flexibility index (Phi) is 6.95. The number of benzene rings is 1. The summed E-state index contributed by atoms with van der Waals surface area (Å²) < 4.78 is 52.5. The quantitative estimate of drug-likeness (QED) is 0.487. The smallest absolute Gasteiger partial charge is 0.324 e.